The zero-order chi connectivity index (χ0) is 6.91. The van der Waals surface area contributed by atoms with Crippen molar-refractivity contribution in [1.29, 1.82) is 0 Å². The Morgan fingerprint density at radius 3 is 2.44 bits per heavy atom. The topological polar surface area (TPSA) is 0 Å². The number of halogens is 2. The molecule has 1 aliphatic carbocycles. The lowest BCUT2D eigenvalue weighted by molar-refractivity contribution is 0.450. The lowest BCUT2D eigenvalue weighted by Gasteiger charge is -2.31. The number of hydrogen-bond acceptors (Lipinski definition) is 0. The van der Waals surface area contributed by atoms with E-state index in [-0.39, 0.29) is 10.3 Å². The molecule has 0 spiro atoms. The summed E-state index contributed by atoms with van der Waals surface area (Å²) in [4.78, 5) is -0.375. The zero-order valence-corrected chi connectivity index (χ0v) is 6.88. The van der Waals surface area contributed by atoms with Crippen LogP contribution in [0.2, 0.25) is 0 Å². The van der Waals surface area contributed by atoms with Gasteiger partial charge in [0.15, 0.2) is 0 Å². The molecule has 2 unspecified atom stereocenters. The predicted molar refractivity (Wildman–Crippen MR) is 42.1 cm³/mol. The lowest BCUT2D eigenvalue weighted by atomic mass is 9.89. The van der Waals surface area contributed by atoms with E-state index in [1.54, 1.807) is 0 Å². The molecule has 2 heteroatoms. The van der Waals surface area contributed by atoms with Gasteiger partial charge < -0.3 is 0 Å². The Balaban J connectivity index is 2.49. The highest BCUT2D eigenvalue weighted by Crippen LogP contribution is 2.36. The number of rotatable bonds is 0. The molecule has 1 fully saturated rings. The Kier molecular flexibility index (Phi) is 2.28. The van der Waals surface area contributed by atoms with Crippen LogP contribution < -0.4 is 0 Å². The summed E-state index contributed by atoms with van der Waals surface area (Å²) in [6, 6.07) is 0. The van der Waals surface area contributed by atoms with Crippen molar-refractivity contribution in [2.75, 3.05) is 0 Å². The van der Waals surface area contributed by atoms with Crippen molar-refractivity contribution in [2.45, 2.75) is 35.9 Å². The van der Waals surface area contributed by atoms with Gasteiger partial charge in [-0.1, -0.05) is 12.8 Å². The molecular formula is C7H11Cl2. The van der Waals surface area contributed by atoms with E-state index in [2.05, 4.69) is 6.92 Å². The lowest BCUT2D eigenvalue weighted by Crippen LogP contribution is -2.32. The highest BCUT2D eigenvalue weighted by Gasteiger charge is 2.32. The first-order valence-electron chi connectivity index (χ1n) is 3.31. The summed E-state index contributed by atoms with van der Waals surface area (Å²) >= 11 is 11.9. The Morgan fingerprint density at radius 1 is 1.44 bits per heavy atom. The van der Waals surface area contributed by atoms with Gasteiger partial charge in [-0.2, -0.15) is 0 Å². The molecule has 0 heterocycles. The summed E-state index contributed by atoms with van der Waals surface area (Å²) in [5.74, 6) is 0. The maximum Gasteiger partial charge on any atom is 0.0610 e. The van der Waals surface area contributed by atoms with Crippen LogP contribution in [0, 0.1) is 6.92 Å². The molecule has 0 bridgehead atoms. The van der Waals surface area contributed by atoms with Gasteiger partial charge in [0.2, 0.25) is 0 Å². The molecule has 1 radical (unpaired) electrons. The minimum atomic E-state index is -0.375. The molecule has 1 saturated carbocycles. The van der Waals surface area contributed by atoms with Gasteiger partial charge in [0.1, 0.15) is 0 Å². The van der Waals surface area contributed by atoms with Gasteiger partial charge in [-0.15, -0.1) is 23.2 Å². The van der Waals surface area contributed by atoms with E-state index in [4.69, 9.17) is 23.2 Å². The second kappa shape index (κ2) is 2.67. The van der Waals surface area contributed by atoms with E-state index in [0.29, 0.717) is 0 Å². The van der Waals surface area contributed by atoms with Crippen LogP contribution in [0.5, 0.6) is 0 Å². The second-order valence-electron chi connectivity index (χ2n) is 2.75. The van der Waals surface area contributed by atoms with Crippen LogP contribution in [-0.4, -0.2) is 10.3 Å². The van der Waals surface area contributed by atoms with E-state index in [1.807, 2.05) is 0 Å². The first-order valence-corrected chi connectivity index (χ1v) is 4.13. The van der Waals surface area contributed by atoms with Crippen molar-refractivity contribution in [3.8, 4) is 0 Å². The predicted octanol–water partition coefficient (Wildman–Crippen LogP) is 2.98. The molecule has 0 saturated heterocycles. The Hall–Kier alpha value is 0.580. The van der Waals surface area contributed by atoms with Gasteiger partial charge in [-0.05, 0) is 19.8 Å². The normalized spacial score (nSPS) is 45.0. The largest absolute Gasteiger partial charge is 0.121 e. The van der Waals surface area contributed by atoms with Gasteiger partial charge in [0.25, 0.3) is 0 Å². The maximum absolute atomic E-state index is 5.98. The van der Waals surface area contributed by atoms with Crippen LogP contribution in [0.4, 0.5) is 0 Å². The molecule has 1 rings (SSSR count). The van der Waals surface area contributed by atoms with Gasteiger partial charge in [0.05, 0.1) is 10.3 Å². The van der Waals surface area contributed by atoms with Crippen molar-refractivity contribution >= 4 is 23.2 Å². The Labute approximate surface area is 66.5 Å². The Morgan fingerprint density at radius 2 is 2.11 bits per heavy atom. The quantitative estimate of drug-likeness (QED) is 0.485. The molecule has 53 valence electrons. The molecule has 0 amide bonds. The van der Waals surface area contributed by atoms with Crippen molar-refractivity contribution in [3.05, 3.63) is 6.92 Å². The smallest absolute Gasteiger partial charge is 0.0610 e. The zero-order valence-electron chi connectivity index (χ0n) is 5.37. The molecule has 2 atom stereocenters. The average Bonchev–Trinajstić information content (AvgIpc) is 1.77. The average molecular weight is 166 g/mol. The number of hydrogen-bond donors (Lipinski definition) is 0. The first-order chi connectivity index (χ1) is 4.13. The SMILES string of the molecule is [CH2]C1(Cl)CCCCC1Cl. The summed E-state index contributed by atoms with van der Waals surface area (Å²) in [7, 11) is 0. The molecule has 0 aromatic heterocycles. The summed E-state index contributed by atoms with van der Waals surface area (Å²) in [5, 5.41) is 0.0768. The fraction of sp³-hybridized carbons (Fsp3) is 0.857. The first kappa shape index (κ1) is 7.68. The van der Waals surface area contributed by atoms with Gasteiger partial charge >= 0.3 is 0 Å². The van der Waals surface area contributed by atoms with Crippen LogP contribution in [0.15, 0.2) is 0 Å². The van der Waals surface area contributed by atoms with Crippen molar-refractivity contribution in [2.24, 2.45) is 0 Å². The van der Waals surface area contributed by atoms with Crippen LogP contribution in [0.3, 0.4) is 0 Å². The minimum absolute atomic E-state index is 0.0768. The third kappa shape index (κ3) is 1.75. The summed E-state index contributed by atoms with van der Waals surface area (Å²) in [5.41, 5.74) is 0. The van der Waals surface area contributed by atoms with E-state index in [9.17, 15) is 0 Å². The van der Waals surface area contributed by atoms with Crippen molar-refractivity contribution < 1.29 is 0 Å². The number of alkyl halides is 2. The summed E-state index contributed by atoms with van der Waals surface area (Å²) < 4.78 is 0. The standard InChI is InChI=1S/C7H11Cl2/c1-7(9)5-3-2-4-6(7)8/h6H,1-5H2. The van der Waals surface area contributed by atoms with Gasteiger partial charge in [0, 0.05) is 0 Å². The molecule has 0 nitrogen and oxygen atoms in total. The van der Waals surface area contributed by atoms with Crippen LogP contribution >= 0.6 is 23.2 Å². The van der Waals surface area contributed by atoms with E-state index in [0.717, 1.165) is 12.8 Å². The van der Waals surface area contributed by atoms with E-state index in [1.165, 1.54) is 12.8 Å². The van der Waals surface area contributed by atoms with Crippen LogP contribution in [0.25, 0.3) is 0 Å². The summed E-state index contributed by atoms with van der Waals surface area (Å²) in [6.45, 7) is 3.84. The maximum atomic E-state index is 5.98. The molecule has 0 aliphatic heterocycles. The summed E-state index contributed by atoms with van der Waals surface area (Å²) in [6.07, 6.45) is 4.37. The molecular weight excluding hydrogens is 155 g/mol. The fourth-order valence-corrected chi connectivity index (χ4v) is 1.66. The van der Waals surface area contributed by atoms with Gasteiger partial charge in [-0.3, -0.25) is 0 Å². The van der Waals surface area contributed by atoms with E-state index >= 15 is 0 Å². The van der Waals surface area contributed by atoms with Crippen molar-refractivity contribution in [1.82, 2.24) is 0 Å². The van der Waals surface area contributed by atoms with Crippen LogP contribution in [0.1, 0.15) is 25.7 Å². The van der Waals surface area contributed by atoms with Crippen molar-refractivity contribution in [3.63, 3.8) is 0 Å². The molecule has 0 N–H and O–H groups in total. The fourth-order valence-electron chi connectivity index (χ4n) is 1.16. The second-order valence-corrected chi connectivity index (χ2v) is 4.03. The highest BCUT2D eigenvalue weighted by atomic mass is 35.5. The molecule has 0 aromatic rings. The monoisotopic (exact) mass is 165 g/mol. The minimum Gasteiger partial charge on any atom is -0.121 e. The van der Waals surface area contributed by atoms with E-state index < -0.39 is 0 Å². The third-order valence-corrected chi connectivity index (χ3v) is 3.06. The molecule has 0 aromatic carbocycles. The highest BCUT2D eigenvalue weighted by molar-refractivity contribution is 6.33. The van der Waals surface area contributed by atoms with Gasteiger partial charge in [-0.25, -0.2) is 0 Å². The molecule has 1 aliphatic rings. The Bertz CT molecular complexity index is 99.1. The van der Waals surface area contributed by atoms with Crippen LogP contribution in [-0.2, 0) is 0 Å². The third-order valence-electron chi connectivity index (χ3n) is 1.86. The molecule has 9 heavy (non-hydrogen) atoms.